The van der Waals surface area contributed by atoms with Crippen LogP contribution in [0.25, 0.3) is 43.4 Å². The summed E-state index contributed by atoms with van der Waals surface area (Å²) in [5.74, 6) is 1.41. The van der Waals surface area contributed by atoms with Crippen LogP contribution in [0.3, 0.4) is 0 Å². The first-order valence-electron chi connectivity index (χ1n) is 19.1. The van der Waals surface area contributed by atoms with Gasteiger partial charge in [-0.25, -0.2) is 14.8 Å². The highest BCUT2D eigenvalue weighted by molar-refractivity contribution is 7.18. The molecule has 5 aromatic rings. The van der Waals surface area contributed by atoms with Gasteiger partial charge >= 0.3 is 6.09 Å². The first kappa shape index (κ1) is 38.0. The average Bonchev–Trinajstić information content (AvgIpc) is 4.05. The quantitative estimate of drug-likeness (QED) is 0.108. The number of nitrogens with zero attached hydrogens (tertiary/aromatic N) is 4. The van der Waals surface area contributed by atoms with E-state index in [9.17, 15) is 14.4 Å². The van der Waals surface area contributed by atoms with Gasteiger partial charge in [0.05, 0.1) is 49.0 Å². The van der Waals surface area contributed by atoms with Crippen LogP contribution in [0.2, 0.25) is 0 Å². The number of alkyl carbamates (subject to hydrolysis) is 1. The van der Waals surface area contributed by atoms with Crippen molar-refractivity contribution in [3.05, 3.63) is 84.7 Å². The zero-order chi connectivity index (χ0) is 38.8. The van der Waals surface area contributed by atoms with Crippen LogP contribution >= 0.6 is 11.3 Å². The molecule has 3 aromatic heterocycles. The maximum absolute atomic E-state index is 13.5. The number of nitrogens with two attached hydrogens (primary N) is 1. The number of aromatic nitrogens is 4. The van der Waals surface area contributed by atoms with Gasteiger partial charge in [0.2, 0.25) is 11.8 Å². The highest BCUT2D eigenvalue weighted by atomic mass is 32.1. The van der Waals surface area contributed by atoms with Crippen LogP contribution in [-0.4, -0.2) is 79.9 Å². The van der Waals surface area contributed by atoms with Gasteiger partial charge in [-0.2, -0.15) is 0 Å². The Labute approximate surface area is 325 Å². The van der Waals surface area contributed by atoms with Crippen LogP contribution in [0.4, 0.5) is 4.79 Å². The van der Waals surface area contributed by atoms with Crippen LogP contribution in [-0.2, 0) is 14.3 Å². The number of thiophene rings is 1. The van der Waals surface area contributed by atoms with Gasteiger partial charge in [-0.15, -0.1) is 11.3 Å². The minimum atomic E-state index is -0.675. The number of methoxy groups -OCH3 is 1. The fourth-order valence-corrected chi connectivity index (χ4v) is 8.58. The summed E-state index contributed by atoms with van der Waals surface area (Å²) < 4.78 is 4.76. The zero-order valence-electron chi connectivity index (χ0n) is 32.0. The molecule has 55 heavy (non-hydrogen) atoms. The maximum atomic E-state index is 13.5. The van der Waals surface area contributed by atoms with Crippen molar-refractivity contribution >= 4 is 29.2 Å². The molecular weight excluding hydrogens is 713 g/mol. The van der Waals surface area contributed by atoms with Crippen LogP contribution in [0.15, 0.2) is 73.1 Å². The number of carbonyl (C=O) groups excluding carboxylic acids is 3. The summed E-state index contributed by atoms with van der Waals surface area (Å²) in [6, 6.07) is 19.8. The molecule has 13 heteroatoms. The van der Waals surface area contributed by atoms with E-state index in [2.05, 4.69) is 85.9 Å². The van der Waals surface area contributed by atoms with E-state index in [0.29, 0.717) is 13.1 Å². The fourth-order valence-electron chi connectivity index (χ4n) is 7.57. The Morgan fingerprint density at radius 2 is 1.18 bits per heavy atom. The van der Waals surface area contributed by atoms with Crippen molar-refractivity contribution < 1.29 is 19.1 Å². The topological polar surface area (TPSA) is 162 Å². The van der Waals surface area contributed by atoms with Crippen molar-refractivity contribution in [1.29, 1.82) is 0 Å². The number of H-pyrrole nitrogens is 2. The molecule has 4 atom stereocenters. The molecule has 2 aromatic carbocycles. The number of amides is 3. The van der Waals surface area contributed by atoms with Gasteiger partial charge in [0.1, 0.15) is 17.7 Å². The molecule has 288 valence electrons. The van der Waals surface area contributed by atoms with E-state index >= 15 is 0 Å². The Balaban J connectivity index is 0.995. The van der Waals surface area contributed by atoms with Crippen LogP contribution < -0.4 is 11.1 Å². The molecule has 3 amide bonds. The van der Waals surface area contributed by atoms with Crippen LogP contribution in [0, 0.1) is 11.8 Å². The maximum Gasteiger partial charge on any atom is 0.407 e. The van der Waals surface area contributed by atoms with Crippen molar-refractivity contribution in [3.8, 4) is 43.4 Å². The monoisotopic (exact) mass is 762 g/mol. The molecule has 0 bridgehead atoms. The molecule has 2 aliphatic rings. The van der Waals surface area contributed by atoms with Gasteiger partial charge in [-0.1, -0.05) is 76.2 Å². The van der Waals surface area contributed by atoms with E-state index in [1.807, 2.05) is 49.9 Å². The molecule has 12 nitrogen and oxygen atoms in total. The van der Waals surface area contributed by atoms with Crippen molar-refractivity contribution in [2.24, 2.45) is 17.6 Å². The summed E-state index contributed by atoms with van der Waals surface area (Å²) in [5.41, 5.74) is 12.3. The third-order valence-corrected chi connectivity index (χ3v) is 12.0. The molecule has 7 rings (SSSR count). The second kappa shape index (κ2) is 16.2. The summed E-state index contributed by atoms with van der Waals surface area (Å²) >= 11 is 1.74. The minimum Gasteiger partial charge on any atom is -0.453 e. The number of benzene rings is 2. The third kappa shape index (κ3) is 7.95. The largest absolute Gasteiger partial charge is 0.453 e. The number of ether oxygens (including phenoxy) is 1. The first-order valence-corrected chi connectivity index (χ1v) is 20.0. The number of likely N-dealkylation sites (tertiary alicyclic amines) is 2. The molecule has 2 aliphatic heterocycles. The number of rotatable bonds is 11. The van der Waals surface area contributed by atoms with Gasteiger partial charge in [0, 0.05) is 22.8 Å². The lowest BCUT2D eigenvalue weighted by Gasteiger charge is -2.30. The van der Waals surface area contributed by atoms with Crippen molar-refractivity contribution in [2.45, 2.75) is 77.5 Å². The number of aromatic amines is 2. The van der Waals surface area contributed by atoms with Gasteiger partial charge in [-0.05, 0) is 71.9 Å². The Kier molecular flexibility index (Phi) is 11.2. The lowest BCUT2D eigenvalue weighted by atomic mass is 10.0. The lowest BCUT2D eigenvalue weighted by Crippen LogP contribution is -2.51. The highest BCUT2D eigenvalue weighted by Gasteiger charge is 2.38. The van der Waals surface area contributed by atoms with E-state index in [0.717, 1.165) is 71.0 Å². The molecule has 5 N–H and O–H groups in total. The van der Waals surface area contributed by atoms with Gasteiger partial charge in [0.15, 0.2) is 0 Å². The second-order valence-corrected chi connectivity index (χ2v) is 16.3. The molecule has 0 aliphatic carbocycles. The van der Waals surface area contributed by atoms with E-state index in [4.69, 9.17) is 10.5 Å². The van der Waals surface area contributed by atoms with Gasteiger partial charge < -0.3 is 35.6 Å². The van der Waals surface area contributed by atoms with Gasteiger partial charge in [0.25, 0.3) is 0 Å². The van der Waals surface area contributed by atoms with Crippen molar-refractivity contribution in [1.82, 2.24) is 35.1 Å². The summed E-state index contributed by atoms with van der Waals surface area (Å²) in [4.78, 5) is 60.9. The van der Waals surface area contributed by atoms with E-state index < -0.39 is 18.2 Å². The van der Waals surface area contributed by atoms with Crippen LogP contribution in [0.5, 0.6) is 0 Å². The Morgan fingerprint density at radius 1 is 0.727 bits per heavy atom. The Bertz CT molecular complexity index is 2120. The molecular formula is C42H50N8O4S. The molecule has 0 radical (unpaired) electrons. The Morgan fingerprint density at radius 3 is 1.62 bits per heavy atom. The lowest BCUT2D eigenvalue weighted by molar-refractivity contribution is -0.136. The molecule has 2 fully saturated rings. The number of nitrogens with one attached hydrogen (secondary N) is 3. The van der Waals surface area contributed by atoms with Crippen molar-refractivity contribution in [3.63, 3.8) is 0 Å². The number of carbonyl (C=O) groups is 3. The third-order valence-electron chi connectivity index (χ3n) is 10.9. The zero-order valence-corrected chi connectivity index (χ0v) is 32.9. The first-order chi connectivity index (χ1) is 26.5. The SMILES string of the molecule is COC(=O)NC(C(=O)N1CCCC1c1ncc(-c2ccc(-c3ccc(-c4ccc(-c5cnc(C6CCCN6C(=O)C(N)C(C)C)[nH]5)cc4)s3)cc2)[nH]1)C(C)C. The van der Waals surface area contributed by atoms with E-state index in [1.165, 1.54) is 16.9 Å². The van der Waals surface area contributed by atoms with Crippen LogP contribution in [0.1, 0.15) is 77.1 Å². The molecule has 2 saturated heterocycles. The summed E-state index contributed by atoms with van der Waals surface area (Å²) in [7, 11) is 1.30. The van der Waals surface area contributed by atoms with E-state index in [1.54, 1.807) is 11.3 Å². The fraction of sp³-hybridized carbons (Fsp3) is 0.405. The normalized spacial score (nSPS) is 18.3. The summed E-state index contributed by atoms with van der Waals surface area (Å²) in [6.45, 7) is 9.09. The highest BCUT2D eigenvalue weighted by Crippen LogP contribution is 2.38. The number of hydrogen-bond acceptors (Lipinski definition) is 8. The van der Waals surface area contributed by atoms with Gasteiger partial charge in [-0.3, -0.25) is 9.59 Å². The Hall–Kier alpha value is -5.27. The molecule has 5 heterocycles. The summed E-state index contributed by atoms with van der Waals surface area (Å²) in [5, 5.41) is 2.70. The molecule has 0 saturated carbocycles. The molecule has 4 unspecified atom stereocenters. The standard InChI is InChI=1S/C42H50N8O4S/c1-24(2)36(43)40(51)49-20-6-8-32(49)38-44-22-30(46-38)26-10-14-28(15-11-26)34-18-19-35(55-34)29-16-12-27(13-17-29)31-23-45-39(47-31)33-9-7-21-50(33)41(52)37(25(3)4)48-42(53)54-5/h10-19,22-25,32-33,36-37H,6-9,20-21,43H2,1-5H3,(H,44,46)(H,45,47)(H,48,53). The predicted molar refractivity (Wildman–Crippen MR) is 215 cm³/mol. The number of imidazole rings is 2. The minimum absolute atomic E-state index is 0.00600. The smallest absolute Gasteiger partial charge is 0.407 e. The van der Waals surface area contributed by atoms with Crippen molar-refractivity contribution in [2.75, 3.05) is 20.2 Å². The average molecular weight is 763 g/mol. The second-order valence-electron chi connectivity index (χ2n) is 15.2. The predicted octanol–water partition coefficient (Wildman–Crippen LogP) is 7.55. The molecule has 0 spiro atoms. The number of hydrogen-bond donors (Lipinski definition) is 4. The summed E-state index contributed by atoms with van der Waals surface area (Å²) in [6.07, 6.45) is 6.53. The van der Waals surface area contributed by atoms with E-state index in [-0.39, 0.29) is 35.7 Å².